The molecule has 3 aromatic rings. The molecule has 4 rings (SSSR count). The highest BCUT2D eigenvalue weighted by atomic mass is 79.9. The summed E-state index contributed by atoms with van der Waals surface area (Å²) < 4.78 is 6.90. The molecule has 0 bridgehead atoms. The van der Waals surface area contributed by atoms with Crippen LogP contribution >= 0.6 is 31.9 Å². The number of rotatable bonds is 3. The van der Waals surface area contributed by atoms with Gasteiger partial charge in [-0.2, -0.15) is 0 Å². The van der Waals surface area contributed by atoms with E-state index >= 15 is 0 Å². The molecule has 1 saturated heterocycles. The molecule has 9 heteroatoms. The Hall–Kier alpha value is -2.00. The summed E-state index contributed by atoms with van der Waals surface area (Å²) in [6.45, 7) is 0.646. The van der Waals surface area contributed by atoms with Crippen LogP contribution < -0.4 is 0 Å². The highest BCUT2D eigenvalue weighted by Crippen LogP contribution is 2.31. The summed E-state index contributed by atoms with van der Waals surface area (Å²) in [7, 11) is 0. The average Bonchev–Trinajstić information content (AvgIpc) is 3.30. The van der Waals surface area contributed by atoms with E-state index in [2.05, 4.69) is 47.3 Å². The lowest BCUT2D eigenvalue weighted by Gasteiger charge is -2.33. The predicted octanol–water partition coefficient (Wildman–Crippen LogP) is 4.15. The van der Waals surface area contributed by atoms with Gasteiger partial charge in [0, 0.05) is 11.0 Å². The maximum absolute atomic E-state index is 12.8. The van der Waals surface area contributed by atoms with E-state index < -0.39 is 0 Å². The van der Waals surface area contributed by atoms with E-state index in [1.165, 1.54) is 4.80 Å². The van der Waals surface area contributed by atoms with Crippen molar-refractivity contribution in [3.05, 3.63) is 57.1 Å². The van der Waals surface area contributed by atoms with Crippen molar-refractivity contribution in [2.24, 2.45) is 0 Å². The van der Waals surface area contributed by atoms with Crippen molar-refractivity contribution in [3.8, 4) is 5.69 Å². The van der Waals surface area contributed by atoms with E-state index in [0.717, 1.165) is 29.4 Å². The Morgan fingerprint density at radius 2 is 2.08 bits per heavy atom. The van der Waals surface area contributed by atoms with E-state index in [4.69, 9.17) is 4.42 Å². The standard InChI is InChI=1S/C17H15Br2N5O2/c18-11-4-3-5-12(10-11)24-21-16(20-22-24)13-6-1-2-9-23(13)17(25)14-7-8-15(19)26-14/h3-5,7-8,10,13H,1-2,6,9H2. The van der Waals surface area contributed by atoms with Crippen molar-refractivity contribution in [1.82, 2.24) is 25.1 Å². The van der Waals surface area contributed by atoms with Crippen LogP contribution in [0.1, 0.15) is 41.7 Å². The van der Waals surface area contributed by atoms with Gasteiger partial charge in [-0.1, -0.05) is 22.0 Å². The molecule has 7 nitrogen and oxygen atoms in total. The number of hydrogen-bond acceptors (Lipinski definition) is 5. The highest BCUT2D eigenvalue weighted by molar-refractivity contribution is 9.10. The molecule has 1 aliphatic heterocycles. The molecule has 0 aliphatic carbocycles. The van der Waals surface area contributed by atoms with Gasteiger partial charge in [-0.15, -0.1) is 15.0 Å². The van der Waals surface area contributed by atoms with Crippen LogP contribution in [-0.2, 0) is 0 Å². The summed E-state index contributed by atoms with van der Waals surface area (Å²) in [5, 5.41) is 12.9. The van der Waals surface area contributed by atoms with E-state index in [1.807, 2.05) is 24.3 Å². The molecule has 134 valence electrons. The van der Waals surface area contributed by atoms with Crippen LogP contribution in [0.5, 0.6) is 0 Å². The smallest absolute Gasteiger partial charge is 0.290 e. The number of aromatic nitrogens is 4. The Morgan fingerprint density at radius 1 is 1.19 bits per heavy atom. The first-order valence-corrected chi connectivity index (χ1v) is 9.82. The second-order valence-corrected chi connectivity index (χ2v) is 7.73. The first-order valence-electron chi connectivity index (χ1n) is 8.24. The summed E-state index contributed by atoms with van der Waals surface area (Å²) in [6.07, 6.45) is 2.77. The fourth-order valence-corrected chi connectivity index (χ4v) is 3.78. The van der Waals surface area contributed by atoms with E-state index in [0.29, 0.717) is 22.8 Å². The van der Waals surface area contributed by atoms with Crippen molar-refractivity contribution in [2.75, 3.05) is 6.54 Å². The minimum absolute atomic E-state index is 0.154. The van der Waals surface area contributed by atoms with Gasteiger partial charge in [0.05, 0.1) is 11.7 Å². The molecule has 1 aliphatic rings. The van der Waals surface area contributed by atoms with Gasteiger partial charge in [0.25, 0.3) is 5.91 Å². The molecule has 1 unspecified atom stereocenters. The quantitative estimate of drug-likeness (QED) is 0.562. The van der Waals surface area contributed by atoms with Crippen molar-refractivity contribution >= 4 is 37.8 Å². The van der Waals surface area contributed by atoms with Gasteiger partial charge in [-0.05, 0) is 70.7 Å². The topological polar surface area (TPSA) is 77.0 Å². The zero-order valence-electron chi connectivity index (χ0n) is 13.7. The third kappa shape index (κ3) is 3.45. The number of carbonyl (C=O) groups excluding carboxylic acids is 1. The molecule has 1 amide bonds. The summed E-state index contributed by atoms with van der Waals surface area (Å²) >= 11 is 6.68. The third-order valence-electron chi connectivity index (χ3n) is 4.31. The lowest BCUT2D eigenvalue weighted by Crippen LogP contribution is -2.38. The van der Waals surface area contributed by atoms with Gasteiger partial charge in [0.2, 0.25) is 0 Å². The zero-order chi connectivity index (χ0) is 18.1. The van der Waals surface area contributed by atoms with E-state index in [-0.39, 0.29) is 11.9 Å². The highest BCUT2D eigenvalue weighted by Gasteiger charge is 2.33. The van der Waals surface area contributed by atoms with Gasteiger partial charge in [0.1, 0.15) is 0 Å². The number of tetrazole rings is 1. The summed E-state index contributed by atoms with van der Waals surface area (Å²) in [5.41, 5.74) is 0.807. The number of likely N-dealkylation sites (tertiary alicyclic amines) is 1. The first-order chi connectivity index (χ1) is 12.6. The molecule has 1 atom stereocenters. The molecule has 0 radical (unpaired) electrons. The van der Waals surface area contributed by atoms with Crippen molar-refractivity contribution < 1.29 is 9.21 Å². The number of piperidine rings is 1. The number of halogens is 2. The first kappa shape index (κ1) is 17.4. The Morgan fingerprint density at radius 3 is 2.85 bits per heavy atom. The fourth-order valence-electron chi connectivity index (χ4n) is 3.08. The Bertz CT molecular complexity index is 939. The van der Waals surface area contributed by atoms with Gasteiger partial charge in [-0.25, -0.2) is 0 Å². The minimum atomic E-state index is -0.207. The van der Waals surface area contributed by atoms with Crippen molar-refractivity contribution in [1.29, 1.82) is 0 Å². The molecule has 1 fully saturated rings. The largest absolute Gasteiger partial charge is 0.444 e. The number of benzene rings is 1. The second kappa shape index (κ2) is 7.32. The number of amides is 1. The molecule has 0 N–H and O–H groups in total. The fraction of sp³-hybridized carbons (Fsp3) is 0.294. The van der Waals surface area contributed by atoms with Crippen molar-refractivity contribution in [3.63, 3.8) is 0 Å². The Labute approximate surface area is 166 Å². The predicted molar refractivity (Wildman–Crippen MR) is 101 cm³/mol. The molecule has 0 spiro atoms. The number of nitrogens with zero attached hydrogens (tertiary/aromatic N) is 5. The van der Waals surface area contributed by atoms with Crippen LogP contribution in [-0.4, -0.2) is 37.6 Å². The van der Waals surface area contributed by atoms with Gasteiger partial charge >= 0.3 is 0 Å². The Kier molecular flexibility index (Phi) is 4.90. The van der Waals surface area contributed by atoms with Crippen LogP contribution in [0.3, 0.4) is 0 Å². The minimum Gasteiger partial charge on any atom is -0.444 e. The van der Waals surface area contributed by atoms with Gasteiger partial charge in [0.15, 0.2) is 16.3 Å². The summed E-state index contributed by atoms with van der Waals surface area (Å²) in [5.74, 6) is 0.700. The number of furan rings is 1. The molecule has 26 heavy (non-hydrogen) atoms. The molecule has 0 saturated carbocycles. The van der Waals surface area contributed by atoms with Crippen LogP contribution in [0.25, 0.3) is 5.69 Å². The van der Waals surface area contributed by atoms with Crippen LogP contribution in [0.4, 0.5) is 0 Å². The van der Waals surface area contributed by atoms with Crippen LogP contribution in [0.15, 0.2) is 50.0 Å². The van der Waals surface area contributed by atoms with E-state index in [1.54, 1.807) is 17.0 Å². The van der Waals surface area contributed by atoms with Crippen LogP contribution in [0.2, 0.25) is 0 Å². The molecular weight excluding hydrogens is 466 g/mol. The monoisotopic (exact) mass is 479 g/mol. The van der Waals surface area contributed by atoms with Gasteiger partial charge < -0.3 is 9.32 Å². The van der Waals surface area contributed by atoms with Crippen molar-refractivity contribution in [2.45, 2.75) is 25.3 Å². The average molecular weight is 481 g/mol. The summed E-state index contributed by atoms with van der Waals surface area (Å²) in [4.78, 5) is 16.1. The molecule has 1 aromatic carbocycles. The molecular formula is C17H15Br2N5O2. The Balaban J connectivity index is 1.62. The SMILES string of the molecule is O=C(c1ccc(Br)o1)N1CCCCC1c1nnn(-c2cccc(Br)c2)n1. The maximum Gasteiger partial charge on any atom is 0.290 e. The zero-order valence-corrected chi connectivity index (χ0v) is 16.9. The summed E-state index contributed by atoms with van der Waals surface area (Å²) in [6, 6.07) is 10.8. The maximum atomic E-state index is 12.8. The number of hydrogen-bond donors (Lipinski definition) is 0. The van der Waals surface area contributed by atoms with Crippen LogP contribution in [0, 0.1) is 0 Å². The van der Waals surface area contributed by atoms with E-state index in [9.17, 15) is 4.79 Å². The second-order valence-electron chi connectivity index (χ2n) is 6.03. The number of carbonyl (C=O) groups is 1. The lowest BCUT2D eigenvalue weighted by molar-refractivity contribution is 0.0566. The normalized spacial score (nSPS) is 17.5. The van der Waals surface area contributed by atoms with Gasteiger partial charge in [-0.3, -0.25) is 4.79 Å². The lowest BCUT2D eigenvalue weighted by atomic mass is 10.0. The molecule has 3 heterocycles. The molecule has 2 aromatic heterocycles. The third-order valence-corrected chi connectivity index (χ3v) is 5.23.